The van der Waals surface area contributed by atoms with E-state index in [4.69, 9.17) is 4.74 Å². The SMILES string of the molecule is CN1C(=O)NC(=O)C2C1N=C(Br)N2CC(=O)OCc1ccccc1. The fraction of sp³-hybridized carbons (Fsp3) is 0.333. The number of carbonyl (C=O) groups is 3. The van der Waals surface area contributed by atoms with Crippen LogP contribution in [0.1, 0.15) is 5.56 Å². The molecule has 2 unspecified atom stereocenters. The molecule has 0 aliphatic carbocycles. The number of carbonyl (C=O) groups excluding carboxylic acids is 3. The Kier molecular flexibility index (Phi) is 4.52. The number of nitrogens with zero attached hydrogens (tertiary/aromatic N) is 3. The standard InChI is InChI=1S/C15H15BrN4O4/c1-19-12-11(13(22)18-15(19)23)20(14(16)17-12)7-10(21)24-8-9-5-3-2-4-6-9/h2-6,11-12H,7-8H2,1H3,(H,18,22,23). The van der Waals surface area contributed by atoms with E-state index >= 15 is 0 Å². The normalized spacial score (nSPS) is 22.8. The summed E-state index contributed by atoms with van der Waals surface area (Å²) in [5, 5.41) is 2.24. The van der Waals surface area contributed by atoms with Gasteiger partial charge in [-0.25, -0.2) is 9.79 Å². The second kappa shape index (κ2) is 6.60. The van der Waals surface area contributed by atoms with E-state index in [1.165, 1.54) is 9.80 Å². The van der Waals surface area contributed by atoms with Gasteiger partial charge in [0.1, 0.15) is 13.2 Å². The van der Waals surface area contributed by atoms with Gasteiger partial charge in [0.25, 0.3) is 5.91 Å². The van der Waals surface area contributed by atoms with E-state index in [9.17, 15) is 14.4 Å². The molecule has 2 aliphatic heterocycles. The largest absolute Gasteiger partial charge is 0.459 e. The monoisotopic (exact) mass is 394 g/mol. The van der Waals surface area contributed by atoms with Gasteiger partial charge in [0, 0.05) is 7.05 Å². The molecule has 1 N–H and O–H groups in total. The number of urea groups is 1. The molecule has 0 bridgehead atoms. The number of esters is 1. The quantitative estimate of drug-likeness (QED) is 0.598. The first-order valence-corrected chi connectivity index (χ1v) is 8.04. The molecule has 3 amide bonds. The summed E-state index contributed by atoms with van der Waals surface area (Å²) in [6.45, 7) is 0.00842. The molecule has 24 heavy (non-hydrogen) atoms. The van der Waals surface area contributed by atoms with Gasteiger partial charge in [-0.1, -0.05) is 30.3 Å². The van der Waals surface area contributed by atoms with E-state index in [1.54, 1.807) is 7.05 Å². The molecular weight excluding hydrogens is 380 g/mol. The topological polar surface area (TPSA) is 91.3 Å². The second-order valence-electron chi connectivity index (χ2n) is 5.44. The zero-order valence-electron chi connectivity index (χ0n) is 12.8. The fourth-order valence-electron chi connectivity index (χ4n) is 2.58. The molecule has 2 heterocycles. The summed E-state index contributed by atoms with van der Waals surface area (Å²) in [5.74, 6) is -0.976. The van der Waals surface area contributed by atoms with E-state index in [-0.39, 0.29) is 13.2 Å². The number of hydrogen-bond acceptors (Lipinski definition) is 6. The lowest BCUT2D eigenvalue weighted by Gasteiger charge is -2.35. The van der Waals surface area contributed by atoms with Crippen LogP contribution in [0.15, 0.2) is 35.3 Å². The average Bonchev–Trinajstić information content (AvgIpc) is 2.89. The summed E-state index contributed by atoms with van der Waals surface area (Å²) < 4.78 is 5.57. The minimum atomic E-state index is -0.758. The number of amides is 3. The van der Waals surface area contributed by atoms with Crippen LogP contribution in [-0.4, -0.2) is 58.3 Å². The first-order chi connectivity index (χ1) is 11.5. The number of imide groups is 1. The molecule has 9 heteroatoms. The molecule has 126 valence electrons. The third-order valence-corrected chi connectivity index (χ3v) is 4.51. The van der Waals surface area contributed by atoms with Crippen molar-refractivity contribution in [3.8, 4) is 0 Å². The number of rotatable bonds is 4. The van der Waals surface area contributed by atoms with Crippen LogP contribution in [0, 0.1) is 0 Å². The molecule has 0 aromatic heterocycles. The highest BCUT2D eigenvalue weighted by Gasteiger charge is 2.48. The summed E-state index contributed by atoms with van der Waals surface area (Å²) in [6.07, 6.45) is -0.664. The maximum Gasteiger partial charge on any atom is 0.325 e. The Morgan fingerprint density at radius 2 is 2.04 bits per heavy atom. The van der Waals surface area contributed by atoms with Crippen molar-refractivity contribution in [2.75, 3.05) is 13.6 Å². The van der Waals surface area contributed by atoms with Crippen LogP contribution >= 0.6 is 15.9 Å². The maximum absolute atomic E-state index is 12.1. The molecular formula is C15H15BrN4O4. The van der Waals surface area contributed by atoms with Crippen LogP contribution in [0.4, 0.5) is 4.79 Å². The van der Waals surface area contributed by atoms with Gasteiger partial charge in [-0.2, -0.15) is 0 Å². The number of benzene rings is 1. The third kappa shape index (κ3) is 3.12. The molecule has 0 spiro atoms. The Bertz CT molecular complexity index is 709. The van der Waals surface area contributed by atoms with Gasteiger partial charge >= 0.3 is 12.0 Å². The molecule has 0 saturated carbocycles. The van der Waals surface area contributed by atoms with Crippen LogP contribution < -0.4 is 5.32 Å². The lowest BCUT2D eigenvalue weighted by molar-refractivity contribution is -0.146. The molecule has 1 saturated heterocycles. The van der Waals surface area contributed by atoms with E-state index in [1.807, 2.05) is 30.3 Å². The minimum Gasteiger partial charge on any atom is -0.459 e. The van der Waals surface area contributed by atoms with E-state index in [2.05, 4.69) is 26.2 Å². The van der Waals surface area contributed by atoms with Crippen molar-refractivity contribution >= 4 is 38.6 Å². The number of aliphatic imine (C=N–C) groups is 1. The summed E-state index contributed by atoms with van der Waals surface area (Å²) in [4.78, 5) is 42.9. The van der Waals surface area contributed by atoms with Crippen LogP contribution in [0.3, 0.4) is 0 Å². The molecule has 2 aliphatic rings. The molecule has 0 radical (unpaired) electrons. The van der Waals surface area contributed by atoms with Gasteiger partial charge in [0.2, 0.25) is 0 Å². The summed E-state index contributed by atoms with van der Waals surface area (Å²) in [5.41, 5.74) is 0.874. The van der Waals surface area contributed by atoms with E-state index in [0.29, 0.717) is 4.74 Å². The Morgan fingerprint density at radius 3 is 2.75 bits per heavy atom. The van der Waals surface area contributed by atoms with Crippen LogP contribution in [0.25, 0.3) is 0 Å². The molecule has 1 aromatic rings. The summed E-state index contributed by atoms with van der Waals surface area (Å²) in [7, 11) is 1.54. The number of halogens is 1. The zero-order valence-corrected chi connectivity index (χ0v) is 14.4. The molecule has 1 aromatic carbocycles. The lowest BCUT2D eigenvalue weighted by atomic mass is 10.1. The Hall–Kier alpha value is -2.42. The van der Waals surface area contributed by atoms with Crippen LogP contribution in [0.2, 0.25) is 0 Å². The van der Waals surface area contributed by atoms with E-state index in [0.717, 1.165) is 5.56 Å². The maximum atomic E-state index is 12.1. The molecule has 3 rings (SSSR count). The number of amidine groups is 1. The van der Waals surface area contributed by atoms with Crippen molar-refractivity contribution < 1.29 is 19.1 Å². The van der Waals surface area contributed by atoms with Crippen molar-refractivity contribution in [2.24, 2.45) is 4.99 Å². The highest BCUT2D eigenvalue weighted by Crippen LogP contribution is 2.25. The summed E-state index contributed by atoms with van der Waals surface area (Å²) in [6, 6.07) is 8.03. The van der Waals surface area contributed by atoms with Crippen molar-refractivity contribution in [1.29, 1.82) is 0 Å². The first-order valence-electron chi connectivity index (χ1n) is 7.24. The smallest absolute Gasteiger partial charge is 0.325 e. The number of ether oxygens (including phenoxy) is 1. The van der Waals surface area contributed by atoms with Gasteiger partial charge in [-0.3, -0.25) is 14.9 Å². The van der Waals surface area contributed by atoms with Crippen LogP contribution in [0.5, 0.6) is 0 Å². The molecule has 8 nitrogen and oxygen atoms in total. The van der Waals surface area contributed by atoms with Crippen molar-refractivity contribution in [3.63, 3.8) is 0 Å². The van der Waals surface area contributed by atoms with Gasteiger partial charge in [-0.05, 0) is 21.5 Å². The van der Waals surface area contributed by atoms with E-state index < -0.39 is 30.1 Å². The van der Waals surface area contributed by atoms with Gasteiger partial charge < -0.3 is 14.5 Å². The second-order valence-corrected chi connectivity index (χ2v) is 6.15. The van der Waals surface area contributed by atoms with Gasteiger partial charge in [0.15, 0.2) is 17.0 Å². The Balaban J connectivity index is 1.64. The molecule has 2 atom stereocenters. The zero-order chi connectivity index (χ0) is 17.3. The van der Waals surface area contributed by atoms with Gasteiger partial charge in [0.05, 0.1) is 0 Å². The molecule has 1 fully saturated rings. The van der Waals surface area contributed by atoms with Crippen LogP contribution in [-0.2, 0) is 20.9 Å². The predicted molar refractivity (Wildman–Crippen MR) is 88.2 cm³/mol. The highest BCUT2D eigenvalue weighted by atomic mass is 79.9. The highest BCUT2D eigenvalue weighted by molar-refractivity contribution is 9.18. The lowest BCUT2D eigenvalue weighted by Crippen LogP contribution is -2.64. The van der Waals surface area contributed by atoms with Crippen molar-refractivity contribution in [1.82, 2.24) is 15.1 Å². The average molecular weight is 395 g/mol. The number of fused-ring (bicyclic) bond motifs is 1. The number of hydrogen-bond donors (Lipinski definition) is 1. The first kappa shape index (κ1) is 16.4. The number of likely N-dealkylation sites (N-methyl/N-ethyl adjacent to an activating group) is 1. The minimum absolute atomic E-state index is 0.145. The van der Waals surface area contributed by atoms with Crippen molar-refractivity contribution in [3.05, 3.63) is 35.9 Å². The fourth-order valence-corrected chi connectivity index (χ4v) is 3.13. The Morgan fingerprint density at radius 1 is 1.33 bits per heavy atom. The van der Waals surface area contributed by atoms with Crippen molar-refractivity contribution in [2.45, 2.75) is 18.8 Å². The number of nitrogens with one attached hydrogen (secondary N) is 1. The third-order valence-electron chi connectivity index (χ3n) is 3.85. The summed E-state index contributed by atoms with van der Waals surface area (Å²) >= 11 is 3.24. The Labute approximate surface area is 146 Å². The van der Waals surface area contributed by atoms with Gasteiger partial charge in [-0.15, -0.1) is 0 Å². The predicted octanol–water partition coefficient (Wildman–Crippen LogP) is 0.673.